The summed E-state index contributed by atoms with van der Waals surface area (Å²) >= 11 is 0. The number of hydrogen-bond donors (Lipinski definition) is 1. The van der Waals surface area contributed by atoms with Gasteiger partial charge in [-0.3, -0.25) is 9.69 Å². The van der Waals surface area contributed by atoms with Crippen LogP contribution in [0.1, 0.15) is 80.7 Å². The number of aromatic nitrogens is 1. The van der Waals surface area contributed by atoms with Gasteiger partial charge in [-0.2, -0.15) is 0 Å². The van der Waals surface area contributed by atoms with Crippen molar-refractivity contribution in [3.05, 3.63) is 23.0 Å². The first-order valence-electron chi connectivity index (χ1n) is 9.66. The summed E-state index contributed by atoms with van der Waals surface area (Å²) in [6, 6.07) is 3.17. The minimum Gasteiger partial charge on any atom is -0.351 e. The van der Waals surface area contributed by atoms with Crippen LogP contribution in [0.15, 0.2) is 6.07 Å². The number of nitrogens with one attached hydrogen (secondary N) is 1. The third-order valence-electron chi connectivity index (χ3n) is 5.49. The van der Waals surface area contributed by atoms with E-state index >= 15 is 0 Å². The highest BCUT2D eigenvalue weighted by molar-refractivity contribution is 5.95. The van der Waals surface area contributed by atoms with Gasteiger partial charge in [0.2, 0.25) is 0 Å². The Morgan fingerprint density at radius 2 is 1.96 bits per heavy atom. The SMILES string of the molecule is CCN(CCNC(=O)c1cc(C)n(C2CCCCC2)c1C)C(C)C. The Labute approximate surface area is 147 Å². The molecule has 0 saturated heterocycles. The number of hydrogen-bond acceptors (Lipinski definition) is 2. The van der Waals surface area contributed by atoms with Crippen LogP contribution >= 0.6 is 0 Å². The van der Waals surface area contributed by atoms with E-state index in [4.69, 9.17) is 0 Å². The molecule has 1 aromatic heterocycles. The second-order valence-corrected chi connectivity index (χ2v) is 7.42. The van der Waals surface area contributed by atoms with E-state index in [-0.39, 0.29) is 5.91 Å². The zero-order valence-electron chi connectivity index (χ0n) is 16.2. The maximum atomic E-state index is 12.6. The van der Waals surface area contributed by atoms with E-state index in [1.807, 2.05) is 0 Å². The number of rotatable bonds is 7. The van der Waals surface area contributed by atoms with Crippen LogP contribution in [0.3, 0.4) is 0 Å². The lowest BCUT2D eigenvalue weighted by atomic mass is 9.95. The third-order valence-corrected chi connectivity index (χ3v) is 5.49. The molecule has 1 amide bonds. The highest BCUT2D eigenvalue weighted by Crippen LogP contribution is 2.32. The molecule has 1 saturated carbocycles. The maximum Gasteiger partial charge on any atom is 0.253 e. The van der Waals surface area contributed by atoms with Gasteiger partial charge in [0.05, 0.1) is 5.56 Å². The molecule has 0 bridgehead atoms. The minimum absolute atomic E-state index is 0.0740. The number of carbonyl (C=O) groups is 1. The van der Waals surface area contributed by atoms with Crippen molar-refractivity contribution in [3.63, 3.8) is 0 Å². The fourth-order valence-corrected chi connectivity index (χ4v) is 4.10. The summed E-state index contributed by atoms with van der Waals surface area (Å²) < 4.78 is 2.40. The highest BCUT2D eigenvalue weighted by Gasteiger charge is 2.22. The minimum atomic E-state index is 0.0740. The molecule has 0 spiro atoms. The van der Waals surface area contributed by atoms with E-state index in [1.165, 1.54) is 37.8 Å². The van der Waals surface area contributed by atoms with Crippen molar-refractivity contribution in [2.24, 2.45) is 0 Å². The molecule has 1 aromatic rings. The topological polar surface area (TPSA) is 37.3 Å². The molecule has 1 heterocycles. The number of carbonyl (C=O) groups excluding carboxylic acids is 1. The van der Waals surface area contributed by atoms with Crippen molar-refractivity contribution in [2.75, 3.05) is 19.6 Å². The number of amides is 1. The van der Waals surface area contributed by atoms with Gasteiger partial charge >= 0.3 is 0 Å². The van der Waals surface area contributed by atoms with Crippen LogP contribution in [0.25, 0.3) is 0 Å². The molecule has 0 aliphatic heterocycles. The summed E-state index contributed by atoms with van der Waals surface area (Å²) in [6.07, 6.45) is 6.47. The van der Waals surface area contributed by atoms with Crippen molar-refractivity contribution in [2.45, 2.75) is 78.8 Å². The van der Waals surface area contributed by atoms with Gasteiger partial charge in [-0.05, 0) is 53.1 Å². The molecule has 0 aromatic carbocycles. The summed E-state index contributed by atoms with van der Waals surface area (Å²) in [4.78, 5) is 15.0. The highest BCUT2D eigenvalue weighted by atomic mass is 16.1. The Morgan fingerprint density at radius 1 is 1.29 bits per heavy atom. The Bertz CT molecular complexity index is 541. The van der Waals surface area contributed by atoms with E-state index < -0.39 is 0 Å². The number of likely N-dealkylation sites (N-methyl/N-ethyl adjacent to an activating group) is 1. The van der Waals surface area contributed by atoms with E-state index in [9.17, 15) is 4.79 Å². The van der Waals surface area contributed by atoms with Crippen molar-refractivity contribution >= 4 is 5.91 Å². The van der Waals surface area contributed by atoms with Gasteiger partial charge in [0.15, 0.2) is 0 Å². The molecule has 136 valence electrons. The monoisotopic (exact) mass is 333 g/mol. The fourth-order valence-electron chi connectivity index (χ4n) is 4.10. The van der Waals surface area contributed by atoms with Crippen molar-refractivity contribution in [1.29, 1.82) is 0 Å². The van der Waals surface area contributed by atoms with Crippen LogP contribution < -0.4 is 5.32 Å². The Hall–Kier alpha value is -1.29. The van der Waals surface area contributed by atoms with Crippen LogP contribution in [0.4, 0.5) is 0 Å². The van der Waals surface area contributed by atoms with Crippen molar-refractivity contribution in [1.82, 2.24) is 14.8 Å². The molecule has 24 heavy (non-hydrogen) atoms. The van der Waals surface area contributed by atoms with Gasteiger partial charge in [0.1, 0.15) is 0 Å². The molecule has 1 aliphatic carbocycles. The molecule has 4 nitrogen and oxygen atoms in total. The Kier molecular flexibility index (Phi) is 6.90. The van der Waals surface area contributed by atoms with Gasteiger partial charge in [-0.1, -0.05) is 26.2 Å². The standard InChI is InChI=1S/C20H35N3O/c1-6-22(15(2)3)13-12-21-20(24)19-14-16(4)23(17(19)5)18-10-8-7-9-11-18/h14-15,18H,6-13H2,1-5H3,(H,21,24). The molecular weight excluding hydrogens is 298 g/mol. The normalized spacial score (nSPS) is 16.1. The Morgan fingerprint density at radius 3 is 2.54 bits per heavy atom. The predicted molar refractivity (Wildman–Crippen MR) is 101 cm³/mol. The van der Waals surface area contributed by atoms with Gasteiger partial charge in [0, 0.05) is 36.6 Å². The number of nitrogens with zero attached hydrogens (tertiary/aromatic N) is 2. The van der Waals surface area contributed by atoms with Gasteiger partial charge < -0.3 is 9.88 Å². The van der Waals surface area contributed by atoms with Crippen LogP contribution in [0.2, 0.25) is 0 Å². The van der Waals surface area contributed by atoms with E-state index in [2.05, 4.69) is 55.5 Å². The molecule has 1 N–H and O–H groups in total. The molecule has 4 heteroatoms. The largest absolute Gasteiger partial charge is 0.351 e. The summed E-state index contributed by atoms with van der Waals surface area (Å²) in [5, 5.41) is 3.11. The molecule has 0 atom stereocenters. The summed E-state index contributed by atoms with van der Waals surface area (Å²) in [5.74, 6) is 0.0740. The average molecular weight is 334 g/mol. The van der Waals surface area contributed by atoms with Crippen LogP contribution in [-0.2, 0) is 0 Å². The summed E-state index contributed by atoms with van der Waals surface area (Å²) in [5.41, 5.74) is 3.21. The quantitative estimate of drug-likeness (QED) is 0.816. The van der Waals surface area contributed by atoms with Crippen LogP contribution in [-0.4, -0.2) is 41.1 Å². The number of aryl methyl sites for hydroxylation is 1. The van der Waals surface area contributed by atoms with E-state index in [0.717, 1.165) is 24.3 Å². The fraction of sp³-hybridized carbons (Fsp3) is 0.750. The van der Waals surface area contributed by atoms with Gasteiger partial charge in [-0.15, -0.1) is 0 Å². The van der Waals surface area contributed by atoms with Crippen LogP contribution in [0, 0.1) is 13.8 Å². The van der Waals surface area contributed by atoms with Crippen molar-refractivity contribution < 1.29 is 4.79 Å². The summed E-state index contributed by atoms with van der Waals surface area (Å²) in [6.45, 7) is 13.4. The lowest BCUT2D eigenvalue weighted by Gasteiger charge is -2.26. The van der Waals surface area contributed by atoms with Crippen molar-refractivity contribution in [3.8, 4) is 0 Å². The van der Waals surface area contributed by atoms with Crippen LogP contribution in [0.5, 0.6) is 0 Å². The second kappa shape index (κ2) is 8.70. The maximum absolute atomic E-state index is 12.6. The average Bonchev–Trinajstić information content (AvgIpc) is 2.86. The first-order chi connectivity index (χ1) is 11.5. The second-order valence-electron chi connectivity index (χ2n) is 7.42. The first kappa shape index (κ1) is 19.0. The predicted octanol–water partition coefficient (Wildman–Crippen LogP) is 4.07. The van der Waals surface area contributed by atoms with Gasteiger partial charge in [-0.25, -0.2) is 0 Å². The molecule has 0 unspecified atom stereocenters. The lowest BCUT2D eigenvalue weighted by molar-refractivity contribution is 0.0945. The molecule has 2 rings (SSSR count). The third kappa shape index (κ3) is 4.41. The lowest BCUT2D eigenvalue weighted by Crippen LogP contribution is -2.38. The first-order valence-corrected chi connectivity index (χ1v) is 9.66. The van der Waals surface area contributed by atoms with E-state index in [1.54, 1.807) is 0 Å². The molecule has 0 radical (unpaired) electrons. The van der Waals surface area contributed by atoms with E-state index in [0.29, 0.717) is 18.6 Å². The zero-order chi connectivity index (χ0) is 17.7. The Balaban J connectivity index is 1.99. The molecular formula is C20H35N3O. The molecule has 1 fully saturated rings. The smallest absolute Gasteiger partial charge is 0.253 e. The van der Waals surface area contributed by atoms with Gasteiger partial charge in [0.25, 0.3) is 5.91 Å². The summed E-state index contributed by atoms with van der Waals surface area (Å²) in [7, 11) is 0. The molecule has 1 aliphatic rings. The zero-order valence-corrected chi connectivity index (χ0v) is 16.2.